The van der Waals surface area contributed by atoms with E-state index in [1.165, 1.54) is 6.26 Å². The molecule has 0 aliphatic heterocycles. The Morgan fingerprint density at radius 3 is 2.62 bits per heavy atom. The van der Waals surface area contributed by atoms with Crippen LogP contribution in [0, 0.1) is 0 Å². The largest absolute Gasteiger partial charge is 0.515 e. The molecule has 0 aromatic heterocycles. The van der Waals surface area contributed by atoms with Crippen LogP contribution in [-0.4, -0.2) is 5.11 Å². The van der Waals surface area contributed by atoms with E-state index < -0.39 is 0 Å². The van der Waals surface area contributed by atoms with Gasteiger partial charge in [-0.05, 0) is 30.7 Å². The fraction of sp³-hybridized carbons (Fsp3) is 0.0909. The van der Waals surface area contributed by atoms with Crippen molar-refractivity contribution in [2.75, 3.05) is 0 Å². The van der Waals surface area contributed by atoms with Crippen molar-refractivity contribution in [2.45, 2.75) is 6.92 Å². The molecule has 2 nitrogen and oxygen atoms in total. The summed E-state index contributed by atoms with van der Waals surface area (Å²) in [5, 5.41) is 8.56. The van der Waals surface area contributed by atoms with E-state index in [0.29, 0.717) is 0 Å². The van der Waals surface area contributed by atoms with Crippen LogP contribution < -0.4 is 4.74 Å². The molecule has 0 bridgehead atoms. The Hall–Kier alpha value is -1.70. The average molecular weight is 176 g/mol. The Bertz CT molecular complexity index is 299. The third-order valence-electron chi connectivity index (χ3n) is 1.48. The number of ether oxygens (including phenoxy) is 1. The number of hydrogen-bond acceptors (Lipinski definition) is 2. The molecule has 1 N–H and O–H groups in total. The smallest absolute Gasteiger partial charge is 0.126 e. The van der Waals surface area contributed by atoms with Gasteiger partial charge in [0.2, 0.25) is 0 Å². The summed E-state index contributed by atoms with van der Waals surface area (Å²) in [7, 11) is 0. The highest BCUT2D eigenvalue weighted by Gasteiger charge is 1.85. The Balaban J connectivity index is 2.48. The van der Waals surface area contributed by atoms with Gasteiger partial charge in [0.1, 0.15) is 5.75 Å². The lowest BCUT2D eigenvalue weighted by Crippen LogP contribution is -1.80. The normalized spacial score (nSPS) is 11.9. The molecule has 0 unspecified atom stereocenters. The molecule has 0 spiro atoms. The highest BCUT2D eigenvalue weighted by Crippen LogP contribution is 2.08. The molecule has 1 rings (SSSR count). The summed E-state index contributed by atoms with van der Waals surface area (Å²) in [6.45, 7) is 1.78. The van der Waals surface area contributed by atoms with Crippen LogP contribution in [0.4, 0.5) is 0 Å². The monoisotopic (exact) mass is 176 g/mol. The summed E-state index contributed by atoms with van der Waals surface area (Å²) < 4.78 is 5.25. The lowest BCUT2D eigenvalue weighted by molar-refractivity contribution is 0.465. The molecule has 0 radical (unpaired) electrons. The van der Waals surface area contributed by atoms with E-state index in [2.05, 4.69) is 0 Å². The van der Waals surface area contributed by atoms with Gasteiger partial charge in [0.15, 0.2) is 0 Å². The lowest BCUT2D eigenvalue weighted by atomic mass is 10.3. The van der Waals surface area contributed by atoms with E-state index in [9.17, 15) is 0 Å². The van der Waals surface area contributed by atoms with Gasteiger partial charge in [-0.25, -0.2) is 0 Å². The molecule has 0 saturated carbocycles. The van der Waals surface area contributed by atoms with Crippen molar-refractivity contribution < 1.29 is 9.84 Å². The fourth-order valence-electron chi connectivity index (χ4n) is 0.762. The van der Waals surface area contributed by atoms with Crippen LogP contribution in [0.1, 0.15) is 6.92 Å². The van der Waals surface area contributed by atoms with Gasteiger partial charge in [-0.2, -0.15) is 0 Å². The first-order valence-electron chi connectivity index (χ1n) is 4.02. The number of aliphatic hydroxyl groups is 1. The van der Waals surface area contributed by atoms with Crippen molar-refractivity contribution in [1.29, 1.82) is 0 Å². The summed E-state index contributed by atoms with van der Waals surface area (Å²) in [5.41, 5.74) is 0.746. The zero-order valence-electron chi connectivity index (χ0n) is 7.47. The summed E-state index contributed by atoms with van der Waals surface area (Å²) >= 11 is 0. The number of allylic oxidation sites excluding steroid dienone is 2. The summed E-state index contributed by atoms with van der Waals surface area (Å²) in [6.07, 6.45) is 4.26. The van der Waals surface area contributed by atoms with E-state index in [-0.39, 0.29) is 0 Å². The number of aliphatic hydroxyl groups excluding tert-OH is 1. The van der Waals surface area contributed by atoms with E-state index in [0.717, 1.165) is 17.6 Å². The van der Waals surface area contributed by atoms with E-state index in [1.807, 2.05) is 30.3 Å². The topological polar surface area (TPSA) is 29.5 Å². The van der Waals surface area contributed by atoms with Gasteiger partial charge < -0.3 is 9.84 Å². The molecule has 1 aromatic rings. The maximum Gasteiger partial charge on any atom is 0.126 e. The van der Waals surface area contributed by atoms with E-state index >= 15 is 0 Å². The minimum absolute atomic E-state index is 0.746. The van der Waals surface area contributed by atoms with Crippen LogP contribution in [0.25, 0.3) is 0 Å². The highest BCUT2D eigenvalue weighted by molar-refractivity contribution is 5.22. The number of benzene rings is 1. The molecule has 68 valence electrons. The molecular formula is C11H12O2. The first-order chi connectivity index (χ1) is 6.33. The van der Waals surface area contributed by atoms with Gasteiger partial charge in [-0.15, -0.1) is 0 Å². The molecule has 0 saturated heterocycles. The van der Waals surface area contributed by atoms with Crippen molar-refractivity contribution in [3.8, 4) is 5.75 Å². The van der Waals surface area contributed by atoms with Crippen molar-refractivity contribution >= 4 is 0 Å². The molecule has 13 heavy (non-hydrogen) atoms. The summed E-state index contributed by atoms with van der Waals surface area (Å²) in [6, 6.07) is 9.45. The van der Waals surface area contributed by atoms with E-state index in [4.69, 9.17) is 9.84 Å². The zero-order chi connectivity index (χ0) is 9.52. The van der Waals surface area contributed by atoms with Crippen molar-refractivity contribution in [3.63, 3.8) is 0 Å². The quantitative estimate of drug-likeness (QED) is 0.566. The molecule has 1 aromatic carbocycles. The van der Waals surface area contributed by atoms with Gasteiger partial charge >= 0.3 is 0 Å². The number of para-hydroxylation sites is 1. The summed E-state index contributed by atoms with van der Waals surface area (Å²) in [5.74, 6) is 0.782. The number of rotatable bonds is 3. The second-order valence-electron chi connectivity index (χ2n) is 2.61. The molecule has 2 heteroatoms. The maximum atomic E-state index is 8.56. The van der Waals surface area contributed by atoms with Crippen LogP contribution in [0.5, 0.6) is 5.75 Å². The van der Waals surface area contributed by atoms with Crippen molar-refractivity contribution in [3.05, 3.63) is 54.5 Å². The Morgan fingerprint density at radius 2 is 2.00 bits per heavy atom. The fourth-order valence-corrected chi connectivity index (χ4v) is 0.762. The van der Waals surface area contributed by atoms with Gasteiger partial charge in [-0.3, -0.25) is 0 Å². The van der Waals surface area contributed by atoms with Crippen molar-refractivity contribution in [1.82, 2.24) is 0 Å². The SMILES string of the molecule is CC(C=COc1ccccc1)=CO. The lowest BCUT2D eigenvalue weighted by Gasteiger charge is -1.97. The van der Waals surface area contributed by atoms with Crippen LogP contribution in [0.2, 0.25) is 0 Å². The van der Waals surface area contributed by atoms with Gasteiger partial charge in [0, 0.05) is 0 Å². The average Bonchev–Trinajstić information content (AvgIpc) is 2.19. The van der Waals surface area contributed by atoms with Gasteiger partial charge in [0.05, 0.1) is 12.5 Å². The van der Waals surface area contributed by atoms with Crippen LogP contribution >= 0.6 is 0 Å². The zero-order valence-corrected chi connectivity index (χ0v) is 7.47. The molecule has 0 aliphatic carbocycles. The molecule has 0 atom stereocenters. The third-order valence-corrected chi connectivity index (χ3v) is 1.48. The van der Waals surface area contributed by atoms with E-state index in [1.54, 1.807) is 13.0 Å². The molecular weight excluding hydrogens is 164 g/mol. The Morgan fingerprint density at radius 1 is 1.31 bits per heavy atom. The molecule has 0 amide bonds. The number of hydrogen-bond donors (Lipinski definition) is 1. The second kappa shape index (κ2) is 5.04. The predicted octanol–water partition coefficient (Wildman–Crippen LogP) is 3.04. The van der Waals surface area contributed by atoms with Crippen LogP contribution in [0.15, 0.2) is 54.5 Å². The first-order valence-corrected chi connectivity index (χ1v) is 4.02. The minimum Gasteiger partial charge on any atom is -0.515 e. The second-order valence-corrected chi connectivity index (χ2v) is 2.61. The predicted molar refractivity (Wildman–Crippen MR) is 52.6 cm³/mol. The van der Waals surface area contributed by atoms with Crippen LogP contribution in [0.3, 0.4) is 0 Å². The maximum absolute atomic E-state index is 8.56. The standard InChI is InChI=1S/C11H12O2/c1-10(9-12)7-8-13-11-5-3-2-4-6-11/h2-9,12H,1H3. The minimum atomic E-state index is 0.746. The Kier molecular flexibility index (Phi) is 3.64. The summed E-state index contributed by atoms with van der Waals surface area (Å²) in [4.78, 5) is 0. The first kappa shape index (κ1) is 9.39. The molecule has 0 fully saturated rings. The third kappa shape index (κ3) is 3.47. The molecule has 0 heterocycles. The van der Waals surface area contributed by atoms with Crippen molar-refractivity contribution in [2.24, 2.45) is 0 Å². The highest BCUT2D eigenvalue weighted by atomic mass is 16.5. The van der Waals surface area contributed by atoms with Crippen LogP contribution in [-0.2, 0) is 0 Å². The molecule has 0 aliphatic rings. The van der Waals surface area contributed by atoms with Gasteiger partial charge in [0.25, 0.3) is 0 Å². The Labute approximate surface area is 77.8 Å². The van der Waals surface area contributed by atoms with Gasteiger partial charge in [-0.1, -0.05) is 18.2 Å².